The molecule has 3 atom stereocenters. The smallest absolute Gasteiger partial charge is 0.192 e. The first-order chi connectivity index (χ1) is 12.5. The van der Waals surface area contributed by atoms with E-state index >= 15 is 0 Å². The number of benzene rings is 1. The Balaban J connectivity index is 2.19. The summed E-state index contributed by atoms with van der Waals surface area (Å²) < 4.78 is 24.3. The number of hydrogen-bond donors (Lipinski definition) is 0. The standard InChI is InChI=1S/C21H34O5Si/c1-20(2,3)27(6,7)26-19(18-15-24-21(4,5)25-18)17(13-22)23-14-16-11-9-8-10-12-16/h8-13,17-19H,14-15H2,1-7H3/t17-,18-,19+/m1/s1. The second kappa shape index (κ2) is 8.53. The summed E-state index contributed by atoms with van der Waals surface area (Å²) in [6.07, 6.45) is -0.745. The molecule has 1 fully saturated rings. The summed E-state index contributed by atoms with van der Waals surface area (Å²) in [6, 6.07) is 9.81. The molecule has 27 heavy (non-hydrogen) atoms. The number of hydrogen-bond acceptors (Lipinski definition) is 5. The summed E-state index contributed by atoms with van der Waals surface area (Å²) in [7, 11) is -2.14. The van der Waals surface area contributed by atoms with Crippen molar-refractivity contribution in [3.05, 3.63) is 35.9 Å². The highest BCUT2D eigenvalue weighted by Gasteiger charge is 2.47. The number of carbonyl (C=O) groups excluding carboxylic acids is 1. The Kier molecular flexibility index (Phi) is 7.03. The van der Waals surface area contributed by atoms with E-state index in [9.17, 15) is 4.79 Å². The van der Waals surface area contributed by atoms with E-state index in [1.54, 1.807) is 0 Å². The van der Waals surface area contributed by atoms with Crippen LogP contribution in [0.1, 0.15) is 40.2 Å². The molecule has 1 aromatic rings. The first kappa shape index (κ1) is 22.2. The molecule has 0 aliphatic carbocycles. The van der Waals surface area contributed by atoms with Gasteiger partial charge in [0.1, 0.15) is 18.3 Å². The van der Waals surface area contributed by atoms with Gasteiger partial charge in [-0.3, -0.25) is 0 Å². The predicted molar refractivity (Wildman–Crippen MR) is 108 cm³/mol. The first-order valence-corrected chi connectivity index (χ1v) is 12.5. The minimum Gasteiger partial charge on any atom is -0.408 e. The molecule has 0 N–H and O–H groups in total. The zero-order valence-electron chi connectivity index (χ0n) is 17.7. The molecule has 0 radical (unpaired) electrons. The van der Waals surface area contributed by atoms with Gasteiger partial charge in [-0.15, -0.1) is 0 Å². The van der Waals surface area contributed by atoms with E-state index in [0.717, 1.165) is 11.8 Å². The largest absolute Gasteiger partial charge is 0.408 e. The summed E-state index contributed by atoms with van der Waals surface area (Å²) >= 11 is 0. The van der Waals surface area contributed by atoms with Gasteiger partial charge in [0.25, 0.3) is 0 Å². The van der Waals surface area contributed by atoms with Crippen LogP contribution in [0, 0.1) is 0 Å². The van der Waals surface area contributed by atoms with Crippen molar-refractivity contribution >= 4 is 14.6 Å². The van der Waals surface area contributed by atoms with E-state index in [2.05, 4.69) is 33.9 Å². The van der Waals surface area contributed by atoms with Crippen molar-refractivity contribution < 1.29 is 23.4 Å². The molecule has 0 aromatic heterocycles. The van der Waals surface area contributed by atoms with E-state index in [0.29, 0.717) is 13.2 Å². The molecule has 0 bridgehead atoms. The molecule has 2 rings (SSSR count). The number of carbonyl (C=O) groups is 1. The number of aldehydes is 1. The highest BCUT2D eigenvalue weighted by Crippen LogP contribution is 2.39. The predicted octanol–water partition coefficient (Wildman–Crippen LogP) is 4.31. The third-order valence-electron chi connectivity index (χ3n) is 5.38. The Morgan fingerprint density at radius 3 is 2.37 bits per heavy atom. The molecule has 1 heterocycles. The van der Waals surface area contributed by atoms with E-state index in [-0.39, 0.29) is 11.1 Å². The molecule has 1 saturated heterocycles. The maximum Gasteiger partial charge on any atom is 0.192 e. The maximum atomic E-state index is 11.9. The Morgan fingerprint density at radius 1 is 1.26 bits per heavy atom. The summed E-state index contributed by atoms with van der Waals surface area (Å²) in [5.41, 5.74) is 1.01. The van der Waals surface area contributed by atoms with Gasteiger partial charge in [0.2, 0.25) is 0 Å². The van der Waals surface area contributed by atoms with Crippen molar-refractivity contribution in [1.29, 1.82) is 0 Å². The highest BCUT2D eigenvalue weighted by molar-refractivity contribution is 6.74. The molecule has 6 heteroatoms. The van der Waals surface area contributed by atoms with E-state index in [1.165, 1.54) is 0 Å². The molecule has 0 amide bonds. The van der Waals surface area contributed by atoms with Crippen LogP contribution < -0.4 is 0 Å². The normalized spacial score (nSPS) is 22.4. The average Bonchev–Trinajstić information content (AvgIpc) is 2.94. The SMILES string of the molecule is CC1(C)OC[C@H]([C@@H](O[Si](C)(C)C(C)(C)C)[C@@H](C=O)OCc2ccccc2)O1. The summed E-state index contributed by atoms with van der Waals surface area (Å²) in [4.78, 5) is 11.9. The van der Waals surface area contributed by atoms with Crippen molar-refractivity contribution in [3.8, 4) is 0 Å². The minimum absolute atomic E-state index is 0.00704. The van der Waals surface area contributed by atoms with Crippen molar-refractivity contribution in [2.24, 2.45) is 0 Å². The zero-order chi connectivity index (χ0) is 20.3. The number of ether oxygens (including phenoxy) is 3. The monoisotopic (exact) mass is 394 g/mol. The van der Waals surface area contributed by atoms with Gasteiger partial charge in [0, 0.05) is 0 Å². The van der Waals surface area contributed by atoms with Gasteiger partial charge < -0.3 is 23.4 Å². The quantitative estimate of drug-likeness (QED) is 0.486. The maximum absolute atomic E-state index is 11.9. The van der Waals surface area contributed by atoms with Gasteiger partial charge in [-0.1, -0.05) is 51.1 Å². The van der Waals surface area contributed by atoms with E-state index in [4.69, 9.17) is 18.6 Å². The van der Waals surface area contributed by atoms with E-state index < -0.39 is 26.3 Å². The average molecular weight is 395 g/mol. The Hall–Kier alpha value is -1.05. The molecule has 0 saturated carbocycles. The van der Waals surface area contributed by atoms with Crippen molar-refractivity contribution in [3.63, 3.8) is 0 Å². The minimum atomic E-state index is -2.14. The van der Waals surface area contributed by atoms with Crippen LogP contribution in [0.2, 0.25) is 18.1 Å². The Morgan fingerprint density at radius 2 is 1.89 bits per heavy atom. The summed E-state index contributed by atoms with van der Waals surface area (Å²) in [5.74, 6) is -0.688. The first-order valence-electron chi connectivity index (χ1n) is 9.56. The fraction of sp³-hybridized carbons (Fsp3) is 0.667. The zero-order valence-corrected chi connectivity index (χ0v) is 18.7. The lowest BCUT2D eigenvalue weighted by Crippen LogP contribution is -2.53. The van der Waals surface area contributed by atoms with Crippen LogP contribution in [0.4, 0.5) is 0 Å². The van der Waals surface area contributed by atoms with Crippen LogP contribution in [-0.4, -0.2) is 45.3 Å². The summed E-state index contributed by atoms with van der Waals surface area (Å²) in [6.45, 7) is 15.3. The summed E-state index contributed by atoms with van der Waals surface area (Å²) in [5, 5.41) is 0.00704. The fourth-order valence-electron chi connectivity index (χ4n) is 2.73. The topological polar surface area (TPSA) is 54.0 Å². The van der Waals surface area contributed by atoms with Gasteiger partial charge in [-0.05, 0) is 37.5 Å². The molecule has 1 aromatic carbocycles. The van der Waals surface area contributed by atoms with Crippen LogP contribution in [-0.2, 0) is 30.0 Å². The van der Waals surface area contributed by atoms with Crippen molar-refractivity contribution in [2.45, 2.75) is 83.5 Å². The second-order valence-corrected chi connectivity index (χ2v) is 13.9. The molecule has 1 aliphatic rings. The van der Waals surface area contributed by atoms with Gasteiger partial charge in [0.15, 0.2) is 20.4 Å². The lowest BCUT2D eigenvalue weighted by atomic mass is 10.1. The van der Waals surface area contributed by atoms with Gasteiger partial charge in [0.05, 0.1) is 13.2 Å². The molecular formula is C21H34O5Si. The molecule has 5 nitrogen and oxygen atoms in total. The van der Waals surface area contributed by atoms with Crippen LogP contribution >= 0.6 is 0 Å². The number of rotatable bonds is 8. The fourth-order valence-corrected chi connectivity index (χ4v) is 4.05. The van der Waals surface area contributed by atoms with Crippen LogP contribution in [0.25, 0.3) is 0 Å². The highest BCUT2D eigenvalue weighted by atomic mass is 28.4. The Bertz CT molecular complexity index is 609. The Labute approximate surface area is 164 Å². The lowest BCUT2D eigenvalue weighted by molar-refractivity contribution is -0.165. The third-order valence-corrected chi connectivity index (χ3v) is 9.85. The molecular weight excluding hydrogens is 360 g/mol. The van der Waals surface area contributed by atoms with Crippen molar-refractivity contribution in [1.82, 2.24) is 0 Å². The van der Waals surface area contributed by atoms with Crippen LogP contribution in [0.15, 0.2) is 30.3 Å². The molecule has 0 unspecified atom stereocenters. The molecule has 0 spiro atoms. The van der Waals surface area contributed by atoms with Crippen LogP contribution in [0.3, 0.4) is 0 Å². The second-order valence-electron chi connectivity index (χ2n) is 9.11. The molecule has 152 valence electrons. The van der Waals surface area contributed by atoms with Gasteiger partial charge in [-0.25, -0.2) is 0 Å². The van der Waals surface area contributed by atoms with E-state index in [1.807, 2.05) is 44.2 Å². The van der Waals surface area contributed by atoms with Crippen LogP contribution in [0.5, 0.6) is 0 Å². The van der Waals surface area contributed by atoms with Crippen molar-refractivity contribution in [2.75, 3.05) is 6.61 Å². The lowest BCUT2D eigenvalue weighted by Gasteiger charge is -2.41. The third kappa shape index (κ3) is 5.96. The van der Waals surface area contributed by atoms with Gasteiger partial charge >= 0.3 is 0 Å². The molecule has 1 aliphatic heterocycles. The van der Waals surface area contributed by atoms with Gasteiger partial charge in [-0.2, -0.15) is 0 Å².